The van der Waals surface area contributed by atoms with Crippen LogP contribution in [-0.4, -0.2) is 75.4 Å². The molecule has 0 spiro atoms. The minimum absolute atomic E-state index is 0.0594. The van der Waals surface area contributed by atoms with Gasteiger partial charge in [-0.2, -0.15) is 0 Å². The van der Waals surface area contributed by atoms with E-state index in [1.54, 1.807) is 21.6 Å². The zero-order chi connectivity index (χ0) is 64.4. The summed E-state index contributed by atoms with van der Waals surface area (Å²) in [5.74, 6) is 1.79. The van der Waals surface area contributed by atoms with Gasteiger partial charge in [0.2, 0.25) is 5.91 Å². The first kappa shape index (κ1) is 84.5. The molecule has 0 aromatic rings. The highest BCUT2D eigenvalue weighted by Crippen LogP contribution is 2.40. The van der Waals surface area contributed by atoms with Crippen molar-refractivity contribution in [2.24, 2.45) is 43.3 Å². The fourth-order valence-electron chi connectivity index (χ4n) is 8.76. The van der Waals surface area contributed by atoms with E-state index in [2.05, 4.69) is 113 Å². The van der Waals surface area contributed by atoms with Crippen molar-refractivity contribution in [1.29, 1.82) is 0 Å². The van der Waals surface area contributed by atoms with Gasteiger partial charge in [-0.25, -0.2) is 4.79 Å². The van der Waals surface area contributed by atoms with E-state index in [-0.39, 0.29) is 50.0 Å². The van der Waals surface area contributed by atoms with Crippen molar-refractivity contribution >= 4 is 56.7 Å². The minimum Gasteiger partial charge on any atom is -0.444 e. The van der Waals surface area contributed by atoms with Gasteiger partial charge < -0.3 is 20.7 Å². The Hall–Kier alpha value is -1.92. The van der Waals surface area contributed by atoms with Gasteiger partial charge in [-0.05, 0) is 110 Å². The average Bonchev–Trinajstić information content (AvgIpc) is 3.21. The molecule has 80 heavy (non-hydrogen) atoms. The van der Waals surface area contributed by atoms with Crippen molar-refractivity contribution in [3.8, 4) is 0 Å². The number of ether oxygens (including phenoxy) is 1. The molecular weight excluding hydrogens is 1030 g/mol. The van der Waals surface area contributed by atoms with Crippen LogP contribution in [0.15, 0.2) is 0 Å². The van der Waals surface area contributed by atoms with Crippen LogP contribution in [0.1, 0.15) is 318 Å². The summed E-state index contributed by atoms with van der Waals surface area (Å²) in [5, 5.41) is 9.03. The molecule has 3 N–H and O–H groups in total. The Labute approximate surface area is 505 Å². The molecule has 0 saturated heterocycles. The largest absolute Gasteiger partial charge is 0.444 e. The van der Waals surface area contributed by atoms with Crippen LogP contribution in [0.4, 0.5) is 4.79 Å². The second-order valence-electron chi connectivity index (χ2n) is 33.8. The van der Waals surface area contributed by atoms with E-state index in [0.29, 0.717) is 34.2 Å². The van der Waals surface area contributed by atoms with Crippen LogP contribution >= 0.6 is 21.6 Å². The average molecular weight is 1170 g/mol. The molecular formula is C68H135N3O7S2. The van der Waals surface area contributed by atoms with Crippen LogP contribution < -0.4 is 16.0 Å². The molecule has 0 aromatic carbocycles. The molecule has 476 valence electrons. The molecule has 2 unspecified atom stereocenters. The molecule has 0 rings (SSSR count). The third-order valence-electron chi connectivity index (χ3n) is 12.9. The molecule has 2 amide bonds. The number of alkyl carbamates (subject to hydrolysis) is 1. The summed E-state index contributed by atoms with van der Waals surface area (Å²) in [6.07, 6.45) is 15.7. The predicted molar refractivity (Wildman–Crippen MR) is 352 cm³/mol. The SMILES string of the molecule is CC(=O)NC(CCCCCC(C)(C)C)C(=O)C(C)(C)C.CC(C)(C)CCCCCC(C)(C)C(=O)C(C)(C)C.CC(C)(C)CCCCCC(NC(=O)OC(C)(C)C)C(=O)C(C)(C)C.CC(C)(C)NCCSSC(C)(C)C(=O)C(C)(C)C. The quantitative estimate of drug-likeness (QED) is 0.0565. The Morgan fingerprint density at radius 2 is 0.750 bits per heavy atom. The zero-order valence-corrected chi connectivity index (χ0v) is 60.5. The molecule has 0 aliphatic rings. The molecule has 2 atom stereocenters. The van der Waals surface area contributed by atoms with Gasteiger partial charge >= 0.3 is 6.09 Å². The summed E-state index contributed by atoms with van der Waals surface area (Å²) in [6.45, 7) is 66.4. The summed E-state index contributed by atoms with van der Waals surface area (Å²) in [5.41, 5.74) is -0.766. The maximum absolute atomic E-state index is 12.6. The fraction of sp³-hybridized carbons (Fsp3) is 0.912. The van der Waals surface area contributed by atoms with Gasteiger partial charge in [0.15, 0.2) is 17.3 Å². The Bertz CT molecular complexity index is 1730. The summed E-state index contributed by atoms with van der Waals surface area (Å²) in [7, 11) is 3.47. The molecule has 12 heteroatoms. The van der Waals surface area contributed by atoms with Crippen LogP contribution in [-0.2, 0) is 28.7 Å². The Kier molecular flexibility index (Phi) is 38.2. The molecule has 0 aliphatic carbocycles. The van der Waals surface area contributed by atoms with E-state index in [4.69, 9.17) is 4.74 Å². The lowest BCUT2D eigenvalue weighted by Crippen LogP contribution is -2.47. The number of hydrogen-bond acceptors (Lipinski definition) is 10. The maximum Gasteiger partial charge on any atom is 0.408 e. The second-order valence-corrected chi connectivity index (χ2v) is 36.8. The maximum atomic E-state index is 12.6. The highest BCUT2D eigenvalue weighted by atomic mass is 33.1. The molecule has 0 radical (unpaired) electrons. The Morgan fingerprint density at radius 3 is 1.05 bits per heavy atom. The van der Waals surface area contributed by atoms with E-state index in [1.165, 1.54) is 51.9 Å². The monoisotopic (exact) mass is 1170 g/mol. The number of amides is 2. The van der Waals surface area contributed by atoms with Crippen molar-refractivity contribution in [1.82, 2.24) is 16.0 Å². The van der Waals surface area contributed by atoms with Gasteiger partial charge in [-0.1, -0.05) is 239 Å². The Balaban J connectivity index is -0.000000485. The number of nitrogens with one attached hydrogen (secondary N) is 3. The molecule has 0 aliphatic heterocycles. The topological polar surface area (TPSA) is 148 Å². The standard InChI is InChI=1S/C20H39NO3.C17H33NO2.C17H34O.C14H29NOS2/c1-18(2,3)14-12-10-11-13-15(16(22)19(4,5)6)21-17(23)24-20(7,8)9;1-13(19)18-14(15(20)17(5,6)7)11-9-8-10-12-16(2,3)4;1-15(2,3)12-10-9-11-13-17(7,8)14(18)16(4,5)6;1-12(2,3)11(16)14(7,8)18-17-10-9-15-13(4,5)6/h15H,10-14H2,1-9H3,(H,21,23);14H,8-12H2,1-7H3,(H,18,19);9-13H2,1-8H3;15H,9-10H2,1-8H3. The van der Waals surface area contributed by atoms with Gasteiger partial charge in [0.25, 0.3) is 0 Å². The van der Waals surface area contributed by atoms with Crippen LogP contribution in [0.3, 0.4) is 0 Å². The Morgan fingerprint density at radius 1 is 0.412 bits per heavy atom. The normalized spacial score (nSPS) is 13.9. The number of rotatable bonds is 26. The molecule has 0 heterocycles. The summed E-state index contributed by atoms with van der Waals surface area (Å²) < 4.78 is 4.99. The number of Topliss-reactive ketones (excluding diaryl/α,β-unsaturated/α-hetero) is 4. The number of hydrogen-bond donors (Lipinski definition) is 3. The zero-order valence-electron chi connectivity index (χ0n) is 58.8. The van der Waals surface area contributed by atoms with Crippen molar-refractivity contribution in [2.45, 2.75) is 346 Å². The lowest BCUT2D eigenvalue weighted by molar-refractivity contribution is -0.135. The predicted octanol–water partition coefficient (Wildman–Crippen LogP) is 19.4. The number of ketones is 4. The van der Waals surface area contributed by atoms with E-state index in [1.807, 2.05) is 118 Å². The van der Waals surface area contributed by atoms with Crippen molar-refractivity contribution in [2.75, 3.05) is 12.3 Å². The molecule has 0 aromatic heterocycles. The highest BCUT2D eigenvalue weighted by Gasteiger charge is 2.38. The van der Waals surface area contributed by atoms with E-state index in [9.17, 15) is 28.8 Å². The van der Waals surface area contributed by atoms with Crippen LogP contribution in [0.25, 0.3) is 0 Å². The molecule has 0 fully saturated rings. The number of unbranched alkanes of at least 4 members (excludes halogenated alkanes) is 6. The van der Waals surface area contributed by atoms with Gasteiger partial charge in [-0.15, -0.1) is 0 Å². The second kappa shape index (κ2) is 36.2. The van der Waals surface area contributed by atoms with Gasteiger partial charge in [-0.3, -0.25) is 24.0 Å². The van der Waals surface area contributed by atoms with E-state index < -0.39 is 28.6 Å². The van der Waals surface area contributed by atoms with Gasteiger partial charge in [0.1, 0.15) is 11.4 Å². The molecule has 0 saturated carbocycles. The van der Waals surface area contributed by atoms with Gasteiger partial charge in [0.05, 0.1) is 16.8 Å². The van der Waals surface area contributed by atoms with Crippen LogP contribution in [0, 0.1) is 43.3 Å². The first-order valence-electron chi connectivity index (χ1n) is 30.8. The van der Waals surface area contributed by atoms with Crippen molar-refractivity contribution in [3.63, 3.8) is 0 Å². The summed E-state index contributed by atoms with van der Waals surface area (Å²) >= 11 is 0. The number of carbonyl (C=O) groups is 6. The van der Waals surface area contributed by atoms with Crippen LogP contribution in [0.5, 0.6) is 0 Å². The lowest BCUT2D eigenvalue weighted by Gasteiger charge is -2.31. The fourth-order valence-corrected chi connectivity index (χ4v) is 11.3. The van der Waals surface area contributed by atoms with Gasteiger partial charge in [0, 0.05) is 51.8 Å². The number of carbonyl (C=O) groups excluding carboxylic acids is 6. The summed E-state index contributed by atoms with van der Waals surface area (Å²) in [6, 6.07) is -0.809. The van der Waals surface area contributed by atoms with Crippen LogP contribution in [0.2, 0.25) is 0 Å². The third kappa shape index (κ3) is 49.5. The molecule has 0 bridgehead atoms. The third-order valence-corrected chi connectivity index (χ3v) is 16.1. The first-order chi connectivity index (χ1) is 35.3. The highest BCUT2D eigenvalue weighted by molar-refractivity contribution is 8.77. The lowest BCUT2D eigenvalue weighted by atomic mass is 9.72. The van der Waals surface area contributed by atoms with Crippen molar-refractivity contribution in [3.05, 3.63) is 0 Å². The smallest absolute Gasteiger partial charge is 0.408 e. The van der Waals surface area contributed by atoms with E-state index >= 15 is 0 Å². The summed E-state index contributed by atoms with van der Waals surface area (Å²) in [4.78, 5) is 72.8. The van der Waals surface area contributed by atoms with E-state index in [0.717, 1.165) is 57.2 Å². The molecule has 10 nitrogen and oxygen atoms in total. The minimum atomic E-state index is -0.563. The first-order valence-corrected chi connectivity index (χ1v) is 33.1. The van der Waals surface area contributed by atoms with Crippen molar-refractivity contribution < 1.29 is 33.5 Å².